The van der Waals surface area contributed by atoms with Gasteiger partial charge in [-0.25, -0.2) is 0 Å². The third kappa shape index (κ3) is 4.46. The molecule has 1 aromatic rings. The zero-order valence-electron chi connectivity index (χ0n) is 19.0. The lowest BCUT2D eigenvalue weighted by Crippen LogP contribution is -2.54. The van der Waals surface area contributed by atoms with Crippen molar-refractivity contribution in [2.24, 2.45) is 5.92 Å². The van der Waals surface area contributed by atoms with Crippen molar-refractivity contribution in [2.75, 3.05) is 5.73 Å². The first-order chi connectivity index (χ1) is 13.1. The molecular weight excluding hydrogens is 364 g/mol. The number of aromatic nitrogens is 1. The van der Waals surface area contributed by atoms with Crippen LogP contribution in [0.15, 0.2) is 24.5 Å². The fourth-order valence-electron chi connectivity index (χ4n) is 5.06. The standard InChI is InChI=1S/C23H40N2O2Si/c1-9-10-21-23(27-28(15(2)3,16(4)5)17(6)7)18(8)13-22(26-21)19-11-12-25-14-20(19)24/h11-18,21,23H,9-10,24H2,1-8H3/t18-,21-,23+/m1/s1. The predicted molar refractivity (Wildman–Crippen MR) is 121 cm³/mol. The minimum Gasteiger partial charge on any atom is -0.487 e. The lowest BCUT2D eigenvalue weighted by Gasteiger charge is -2.48. The van der Waals surface area contributed by atoms with Crippen molar-refractivity contribution < 1.29 is 9.16 Å². The lowest BCUT2D eigenvalue weighted by molar-refractivity contribution is -0.0122. The van der Waals surface area contributed by atoms with E-state index in [1.807, 2.05) is 6.07 Å². The number of hydrogen-bond acceptors (Lipinski definition) is 4. The van der Waals surface area contributed by atoms with Gasteiger partial charge in [-0.3, -0.25) is 4.98 Å². The summed E-state index contributed by atoms with van der Waals surface area (Å²) in [7, 11) is -1.98. The first-order valence-electron chi connectivity index (χ1n) is 10.9. The number of ether oxygens (including phenoxy) is 1. The van der Waals surface area contributed by atoms with Gasteiger partial charge >= 0.3 is 0 Å². The number of anilines is 1. The summed E-state index contributed by atoms with van der Waals surface area (Å²) < 4.78 is 13.7. The van der Waals surface area contributed by atoms with Gasteiger partial charge in [0.25, 0.3) is 0 Å². The number of nitrogens with zero attached hydrogens (tertiary/aromatic N) is 1. The van der Waals surface area contributed by atoms with Gasteiger partial charge in [0.2, 0.25) is 8.32 Å². The van der Waals surface area contributed by atoms with Gasteiger partial charge in [-0.05, 0) is 35.2 Å². The summed E-state index contributed by atoms with van der Waals surface area (Å²) in [5, 5.41) is 0. The molecule has 0 fully saturated rings. The van der Waals surface area contributed by atoms with Gasteiger partial charge in [0.05, 0.1) is 18.0 Å². The average molecular weight is 405 g/mol. The molecule has 0 unspecified atom stereocenters. The largest absolute Gasteiger partial charge is 0.487 e. The summed E-state index contributed by atoms with van der Waals surface area (Å²) in [6.45, 7) is 18.5. The zero-order chi connectivity index (χ0) is 21.1. The number of pyridine rings is 1. The Hall–Kier alpha value is -1.33. The highest BCUT2D eigenvalue weighted by molar-refractivity contribution is 6.77. The molecule has 0 saturated heterocycles. The molecule has 1 aliphatic rings. The van der Waals surface area contributed by atoms with E-state index in [1.54, 1.807) is 12.4 Å². The van der Waals surface area contributed by atoms with Crippen molar-refractivity contribution in [3.8, 4) is 0 Å². The second kappa shape index (κ2) is 9.44. The van der Waals surface area contributed by atoms with Crippen molar-refractivity contribution in [1.82, 2.24) is 4.98 Å². The molecule has 0 bridgehead atoms. The van der Waals surface area contributed by atoms with E-state index in [9.17, 15) is 0 Å². The molecule has 1 aromatic heterocycles. The van der Waals surface area contributed by atoms with Crippen molar-refractivity contribution in [3.05, 3.63) is 30.1 Å². The number of rotatable bonds is 8. The van der Waals surface area contributed by atoms with Crippen LogP contribution in [0.25, 0.3) is 5.76 Å². The summed E-state index contributed by atoms with van der Waals surface area (Å²) in [6.07, 6.45) is 7.85. The Morgan fingerprint density at radius 3 is 2.25 bits per heavy atom. The lowest BCUT2D eigenvalue weighted by atomic mass is 9.92. The Morgan fingerprint density at radius 2 is 1.75 bits per heavy atom. The molecule has 2 N–H and O–H groups in total. The molecule has 0 aliphatic carbocycles. The van der Waals surface area contributed by atoms with Crippen LogP contribution in [-0.2, 0) is 9.16 Å². The Bertz CT molecular complexity index is 651. The van der Waals surface area contributed by atoms with Gasteiger partial charge in [-0.2, -0.15) is 0 Å². The predicted octanol–water partition coefficient (Wildman–Crippen LogP) is 6.40. The molecule has 2 heterocycles. The zero-order valence-corrected chi connectivity index (χ0v) is 20.0. The van der Waals surface area contributed by atoms with Crippen LogP contribution in [0.5, 0.6) is 0 Å². The van der Waals surface area contributed by atoms with E-state index in [0.717, 1.165) is 24.2 Å². The van der Waals surface area contributed by atoms with Crippen LogP contribution >= 0.6 is 0 Å². The van der Waals surface area contributed by atoms with Crippen molar-refractivity contribution in [3.63, 3.8) is 0 Å². The second-order valence-corrected chi connectivity index (χ2v) is 14.6. The summed E-state index contributed by atoms with van der Waals surface area (Å²) >= 11 is 0. The quantitative estimate of drug-likeness (QED) is 0.509. The number of hydrogen-bond donors (Lipinski definition) is 1. The highest BCUT2D eigenvalue weighted by atomic mass is 28.4. The Labute approximate surface area is 173 Å². The van der Waals surface area contributed by atoms with E-state index in [2.05, 4.69) is 66.4 Å². The van der Waals surface area contributed by atoms with E-state index < -0.39 is 8.32 Å². The van der Waals surface area contributed by atoms with Gasteiger partial charge in [0, 0.05) is 17.7 Å². The van der Waals surface area contributed by atoms with Crippen molar-refractivity contribution >= 4 is 19.8 Å². The number of nitrogens with two attached hydrogens (primary N) is 1. The smallest absolute Gasteiger partial charge is 0.200 e. The van der Waals surface area contributed by atoms with Gasteiger partial charge in [-0.15, -0.1) is 0 Å². The molecule has 0 amide bonds. The average Bonchev–Trinajstić information content (AvgIpc) is 2.60. The van der Waals surface area contributed by atoms with Crippen LogP contribution in [0, 0.1) is 5.92 Å². The molecule has 0 spiro atoms. The Balaban J connectivity index is 2.42. The van der Waals surface area contributed by atoms with Gasteiger partial charge in [-0.1, -0.05) is 61.8 Å². The summed E-state index contributed by atoms with van der Waals surface area (Å²) in [5.74, 6) is 1.15. The van der Waals surface area contributed by atoms with Crippen LogP contribution in [0.1, 0.15) is 73.8 Å². The van der Waals surface area contributed by atoms with E-state index in [1.165, 1.54) is 0 Å². The van der Waals surface area contributed by atoms with Crippen LogP contribution in [0.4, 0.5) is 5.69 Å². The van der Waals surface area contributed by atoms with E-state index in [0.29, 0.717) is 22.3 Å². The van der Waals surface area contributed by atoms with E-state index >= 15 is 0 Å². The van der Waals surface area contributed by atoms with Crippen molar-refractivity contribution in [2.45, 2.75) is 97.1 Å². The molecule has 5 heteroatoms. The summed E-state index contributed by atoms with van der Waals surface area (Å²) in [5.41, 5.74) is 9.43. The molecule has 0 radical (unpaired) electrons. The Morgan fingerprint density at radius 1 is 1.14 bits per heavy atom. The molecule has 0 aromatic carbocycles. The summed E-state index contributed by atoms with van der Waals surface area (Å²) in [4.78, 5) is 4.11. The highest BCUT2D eigenvalue weighted by Gasteiger charge is 2.49. The Kier molecular flexibility index (Phi) is 7.74. The molecule has 1 aliphatic heterocycles. The fourth-order valence-corrected chi connectivity index (χ4v) is 10.7. The number of nitrogen functional groups attached to an aromatic ring is 1. The fraction of sp³-hybridized carbons (Fsp3) is 0.696. The SMILES string of the molecule is CCC[C@H]1OC(c2ccncc2N)=C[C@@H](C)[C@@H]1O[Si](C(C)C)(C(C)C)C(C)C. The second-order valence-electron chi connectivity index (χ2n) is 9.20. The minimum absolute atomic E-state index is 0.0516. The van der Waals surface area contributed by atoms with Gasteiger partial charge in [0.15, 0.2) is 0 Å². The third-order valence-electron chi connectivity index (χ3n) is 6.32. The molecule has 28 heavy (non-hydrogen) atoms. The maximum atomic E-state index is 7.18. The monoisotopic (exact) mass is 404 g/mol. The molecule has 0 saturated carbocycles. The molecular formula is C23H40N2O2Si. The van der Waals surface area contributed by atoms with Gasteiger partial charge < -0.3 is 14.9 Å². The molecule has 2 rings (SSSR count). The van der Waals surface area contributed by atoms with Crippen LogP contribution < -0.4 is 5.73 Å². The highest BCUT2D eigenvalue weighted by Crippen LogP contribution is 2.46. The minimum atomic E-state index is -1.98. The maximum absolute atomic E-state index is 7.18. The topological polar surface area (TPSA) is 57.4 Å². The normalized spacial score (nSPS) is 23.2. The van der Waals surface area contributed by atoms with Crippen molar-refractivity contribution in [1.29, 1.82) is 0 Å². The third-order valence-corrected chi connectivity index (χ3v) is 12.4. The van der Waals surface area contributed by atoms with Crippen LogP contribution in [0.2, 0.25) is 16.6 Å². The van der Waals surface area contributed by atoms with Crippen LogP contribution in [-0.4, -0.2) is 25.5 Å². The van der Waals surface area contributed by atoms with Crippen LogP contribution in [0.3, 0.4) is 0 Å². The van der Waals surface area contributed by atoms with E-state index in [-0.39, 0.29) is 18.1 Å². The molecule has 158 valence electrons. The molecule has 4 nitrogen and oxygen atoms in total. The van der Waals surface area contributed by atoms with E-state index in [4.69, 9.17) is 14.9 Å². The first kappa shape index (κ1) is 23.0. The summed E-state index contributed by atoms with van der Waals surface area (Å²) in [6, 6.07) is 1.94. The first-order valence-corrected chi connectivity index (χ1v) is 13.0. The molecule has 3 atom stereocenters. The van der Waals surface area contributed by atoms with Gasteiger partial charge in [0.1, 0.15) is 11.9 Å². The maximum Gasteiger partial charge on any atom is 0.200 e.